The van der Waals surface area contributed by atoms with Crippen molar-refractivity contribution in [1.82, 2.24) is 19.7 Å². The summed E-state index contributed by atoms with van der Waals surface area (Å²) in [5, 5.41) is 9.47. The summed E-state index contributed by atoms with van der Waals surface area (Å²) in [6, 6.07) is 4.14. The van der Waals surface area contributed by atoms with E-state index in [2.05, 4.69) is 41.6 Å². The number of carbonyl (C=O) groups excluding carboxylic acids is 1. The number of hydrogen-bond acceptors (Lipinski definition) is 4. The van der Waals surface area contributed by atoms with Crippen LogP contribution in [0.5, 0.6) is 0 Å². The summed E-state index contributed by atoms with van der Waals surface area (Å²) >= 11 is 0. The van der Waals surface area contributed by atoms with Crippen LogP contribution in [-0.2, 0) is 30.7 Å². The van der Waals surface area contributed by atoms with Gasteiger partial charge in [0.2, 0.25) is 5.91 Å². The average molecular weight is 338 g/mol. The second-order valence-corrected chi connectivity index (χ2v) is 6.72. The molecule has 0 saturated heterocycles. The summed E-state index contributed by atoms with van der Waals surface area (Å²) in [6.45, 7) is 8.21. The summed E-state index contributed by atoms with van der Waals surface area (Å²) in [4.78, 5) is 14.6. The molecule has 0 unspecified atom stereocenters. The van der Waals surface area contributed by atoms with Crippen LogP contribution in [0.4, 0.5) is 0 Å². The van der Waals surface area contributed by atoms with E-state index >= 15 is 0 Å². The first kappa shape index (κ1) is 15.9. The Kier molecular flexibility index (Phi) is 3.82. The highest BCUT2D eigenvalue weighted by atomic mass is 16.3. The van der Waals surface area contributed by atoms with Gasteiger partial charge >= 0.3 is 0 Å². The molecule has 25 heavy (non-hydrogen) atoms. The van der Waals surface area contributed by atoms with E-state index < -0.39 is 0 Å². The lowest BCUT2D eigenvalue weighted by atomic mass is 10.0. The molecule has 130 valence electrons. The molecule has 0 saturated carbocycles. The lowest BCUT2D eigenvalue weighted by molar-refractivity contribution is -0.132. The van der Waals surface area contributed by atoms with Gasteiger partial charge in [0.1, 0.15) is 11.4 Å². The molecule has 0 N–H and O–H groups in total. The maximum absolute atomic E-state index is 12.8. The van der Waals surface area contributed by atoms with Crippen LogP contribution in [0.3, 0.4) is 0 Å². The van der Waals surface area contributed by atoms with Crippen molar-refractivity contribution in [3.63, 3.8) is 0 Å². The molecule has 0 atom stereocenters. The predicted molar refractivity (Wildman–Crippen MR) is 94.2 cm³/mol. The second kappa shape index (κ2) is 6.02. The number of amides is 1. The van der Waals surface area contributed by atoms with Gasteiger partial charge in [0.25, 0.3) is 0 Å². The number of hydrogen-bond donors (Lipinski definition) is 0. The Hall–Kier alpha value is -2.63. The average Bonchev–Trinajstić information content (AvgIpc) is 3.19. The van der Waals surface area contributed by atoms with Crippen molar-refractivity contribution < 1.29 is 9.21 Å². The molecule has 4 rings (SSSR count). The molecular weight excluding hydrogens is 316 g/mol. The molecule has 6 nitrogen and oxygen atoms in total. The minimum atomic E-state index is 0.105. The monoisotopic (exact) mass is 338 g/mol. The van der Waals surface area contributed by atoms with Gasteiger partial charge in [0.15, 0.2) is 5.82 Å². The van der Waals surface area contributed by atoms with Crippen molar-refractivity contribution in [3.8, 4) is 0 Å². The zero-order valence-electron chi connectivity index (χ0n) is 14.9. The van der Waals surface area contributed by atoms with Crippen LogP contribution < -0.4 is 0 Å². The van der Waals surface area contributed by atoms with Gasteiger partial charge in [-0.3, -0.25) is 4.79 Å². The van der Waals surface area contributed by atoms with E-state index in [0.29, 0.717) is 19.5 Å². The summed E-state index contributed by atoms with van der Waals surface area (Å²) in [5.74, 6) is 1.97. The minimum absolute atomic E-state index is 0.105. The SMILES string of the molecule is CCc1nnc2n1CCN(C(=O)Cc1coc3cc(C)c(C)cc13)C2. The third-order valence-electron chi connectivity index (χ3n) is 5.11. The molecule has 3 heterocycles. The molecule has 0 bridgehead atoms. The molecule has 1 aromatic carbocycles. The van der Waals surface area contributed by atoms with Gasteiger partial charge in [-0.2, -0.15) is 0 Å². The Balaban J connectivity index is 1.54. The van der Waals surface area contributed by atoms with Crippen molar-refractivity contribution in [1.29, 1.82) is 0 Å². The van der Waals surface area contributed by atoms with Gasteiger partial charge in [0.05, 0.1) is 19.2 Å². The Morgan fingerprint density at radius 2 is 2.00 bits per heavy atom. The third-order valence-corrected chi connectivity index (χ3v) is 5.11. The molecule has 6 heteroatoms. The standard InChI is InChI=1S/C19H22N4O2/c1-4-17-20-21-18-10-22(5-6-23(17)18)19(24)9-14-11-25-16-8-13(3)12(2)7-15(14)16/h7-8,11H,4-6,9-10H2,1-3H3. The first-order chi connectivity index (χ1) is 12.1. The fourth-order valence-corrected chi connectivity index (χ4v) is 3.44. The van der Waals surface area contributed by atoms with E-state index in [4.69, 9.17) is 4.42 Å². The fraction of sp³-hybridized carbons (Fsp3) is 0.421. The topological polar surface area (TPSA) is 64.2 Å². The smallest absolute Gasteiger partial charge is 0.227 e. The zero-order chi connectivity index (χ0) is 17.6. The molecule has 1 aliphatic heterocycles. The molecule has 0 aliphatic carbocycles. The summed E-state index contributed by atoms with van der Waals surface area (Å²) < 4.78 is 7.78. The Morgan fingerprint density at radius 3 is 2.80 bits per heavy atom. The number of aromatic nitrogens is 3. The molecule has 2 aromatic heterocycles. The lowest BCUT2D eigenvalue weighted by Gasteiger charge is -2.27. The van der Waals surface area contributed by atoms with Crippen LogP contribution >= 0.6 is 0 Å². The van der Waals surface area contributed by atoms with E-state index in [1.807, 2.05) is 11.0 Å². The maximum atomic E-state index is 12.8. The quantitative estimate of drug-likeness (QED) is 0.737. The van der Waals surface area contributed by atoms with E-state index in [0.717, 1.165) is 41.1 Å². The number of benzene rings is 1. The lowest BCUT2D eigenvalue weighted by Crippen LogP contribution is -2.39. The minimum Gasteiger partial charge on any atom is -0.464 e. The molecular formula is C19H22N4O2. The number of nitrogens with zero attached hydrogens (tertiary/aromatic N) is 4. The molecule has 3 aromatic rings. The Bertz CT molecular complexity index is 954. The van der Waals surface area contributed by atoms with E-state index in [9.17, 15) is 4.79 Å². The zero-order valence-corrected chi connectivity index (χ0v) is 14.9. The van der Waals surface area contributed by atoms with E-state index in [-0.39, 0.29) is 5.91 Å². The number of furan rings is 1. The van der Waals surface area contributed by atoms with E-state index in [1.54, 1.807) is 6.26 Å². The van der Waals surface area contributed by atoms with E-state index in [1.165, 1.54) is 11.1 Å². The van der Waals surface area contributed by atoms with Crippen molar-refractivity contribution in [2.45, 2.75) is 46.7 Å². The Labute approximate surface area is 146 Å². The van der Waals surface area contributed by atoms with Gasteiger partial charge in [-0.05, 0) is 37.1 Å². The first-order valence-corrected chi connectivity index (χ1v) is 8.73. The third kappa shape index (κ3) is 2.71. The van der Waals surface area contributed by atoms with Crippen LogP contribution in [0.25, 0.3) is 11.0 Å². The van der Waals surface area contributed by atoms with Crippen LogP contribution in [-0.4, -0.2) is 32.1 Å². The highest BCUT2D eigenvalue weighted by Crippen LogP contribution is 2.26. The van der Waals surface area contributed by atoms with Crippen molar-refractivity contribution in [2.24, 2.45) is 0 Å². The number of rotatable bonds is 3. The molecule has 1 amide bonds. The molecule has 0 fully saturated rings. The van der Waals surface area contributed by atoms with Gasteiger partial charge in [-0.25, -0.2) is 0 Å². The van der Waals surface area contributed by atoms with Crippen LogP contribution in [0.1, 0.15) is 35.3 Å². The van der Waals surface area contributed by atoms with Crippen molar-refractivity contribution in [3.05, 3.63) is 46.7 Å². The number of aryl methyl sites for hydroxylation is 3. The van der Waals surface area contributed by atoms with Crippen LogP contribution in [0, 0.1) is 13.8 Å². The first-order valence-electron chi connectivity index (χ1n) is 8.73. The van der Waals surface area contributed by atoms with Crippen LogP contribution in [0.2, 0.25) is 0 Å². The highest BCUT2D eigenvalue weighted by Gasteiger charge is 2.24. The number of fused-ring (bicyclic) bond motifs is 2. The van der Waals surface area contributed by atoms with Crippen LogP contribution in [0.15, 0.2) is 22.8 Å². The summed E-state index contributed by atoms with van der Waals surface area (Å²) in [6.07, 6.45) is 2.92. The highest BCUT2D eigenvalue weighted by molar-refractivity contribution is 5.88. The van der Waals surface area contributed by atoms with Crippen molar-refractivity contribution >= 4 is 16.9 Å². The molecule has 0 spiro atoms. The predicted octanol–water partition coefficient (Wildman–Crippen LogP) is 2.79. The van der Waals surface area contributed by atoms with Gasteiger partial charge in [0, 0.05) is 30.5 Å². The largest absolute Gasteiger partial charge is 0.464 e. The van der Waals surface area contributed by atoms with Gasteiger partial charge in [-0.1, -0.05) is 6.92 Å². The number of carbonyl (C=O) groups is 1. The molecule has 1 aliphatic rings. The summed E-state index contributed by atoms with van der Waals surface area (Å²) in [5.41, 5.74) is 4.20. The summed E-state index contributed by atoms with van der Waals surface area (Å²) in [7, 11) is 0. The second-order valence-electron chi connectivity index (χ2n) is 6.72. The normalized spacial score (nSPS) is 14.1. The Morgan fingerprint density at radius 1 is 1.20 bits per heavy atom. The fourth-order valence-electron chi connectivity index (χ4n) is 3.44. The van der Waals surface area contributed by atoms with Gasteiger partial charge in [-0.15, -0.1) is 10.2 Å². The maximum Gasteiger partial charge on any atom is 0.227 e. The van der Waals surface area contributed by atoms with Crippen molar-refractivity contribution in [2.75, 3.05) is 6.54 Å². The van der Waals surface area contributed by atoms with Gasteiger partial charge < -0.3 is 13.9 Å². The molecule has 0 radical (unpaired) electrons.